The molecule has 0 aliphatic carbocycles. The number of sulfone groups is 1. The minimum Gasteiger partial charge on any atom is -0.379 e. The fraction of sp³-hybridized carbons (Fsp3) is 0.909. The van der Waals surface area contributed by atoms with Gasteiger partial charge in [0.1, 0.15) is 0 Å². The molecule has 0 spiro atoms. The number of hydrogen-bond donors (Lipinski definition) is 1. The van der Waals surface area contributed by atoms with Crippen LogP contribution in [0.3, 0.4) is 0 Å². The number of amides is 1. The van der Waals surface area contributed by atoms with Gasteiger partial charge in [-0.1, -0.05) is 0 Å². The van der Waals surface area contributed by atoms with Gasteiger partial charge in [-0.25, -0.2) is 8.42 Å². The zero-order chi connectivity index (χ0) is 13.6. The van der Waals surface area contributed by atoms with E-state index in [-0.39, 0.29) is 29.5 Å². The lowest BCUT2D eigenvalue weighted by molar-refractivity contribution is -0.142. The average Bonchev–Trinajstić information content (AvgIpc) is 2.82. The van der Waals surface area contributed by atoms with Gasteiger partial charge in [0, 0.05) is 19.1 Å². The zero-order valence-corrected chi connectivity index (χ0v) is 11.6. The third-order valence-electron chi connectivity index (χ3n) is 4.08. The topological polar surface area (TPSA) is 89.7 Å². The van der Waals surface area contributed by atoms with Crippen LogP contribution in [0.15, 0.2) is 0 Å². The number of carbonyl (C=O) groups excluding carboxylic acids is 1. The van der Waals surface area contributed by atoms with Crippen LogP contribution in [0.5, 0.6) is 0 Å². The minimum atomic E-state index is -2.99. The Balaban J connectivity index is 2.10. The Kier molecular flexibility index (Phi) is 3.42. The molecule has 2 fully saturated rings. The first-order valence-corrected chi connectivity index (χ1v) is 7.89. The van der Waals surface area contributed by atoms with E-state index in [0.717, 1.165) is 0 Å². The maximum absolute atomic E-state index is 12.4. The zero-order valence-electron chi connectivity index (χ0n) is 10.8. The standard InChI is InChI=1S/C11H20N2O4S/c1-11(7-17-5-9(11)12)10(14)13(2)8-3-4-18(15,16)6-8/h8-9H,3-7,12H2,1-2H3. The van der Waals surface area contributed by atoms with Crippen molar-refractivity contribution < 1.29 is 17.9 Å². The van der Waals surface area contributed by atoms with Gasteiger partial charge in [-0.05, 0) is 13.3 Å². The van der Waals surface area contributed by atoms with Gasteiger partial charge in [-0.2, -0.15) is 0 Å². The van der Waals surface area contributed by atoms with Crippen molar-refractivity contribution in [2.75, 3.05) is 31.8 Å². The van der Waals surface area contributed by atoms with Crippen LogP contribution >= 0.6 is 0 Å². The SMILES string of the molecule is CN(C(=O)C1(C)COCC1N)C1CCS(=O)(=O)C1. The van der Waals surface area contributed by atoms with Crippen LogP contribution in [-0.2, 0) is 19.4 Å². The molecule has 7 heteroatoms. The smallest absolute Gasteiger partial charge is 0.232 e. The number of nitrogens with two attached hydrogens (primary N) is 1. The molecule has 2 saturated heterocycles. The summed E-state index contributed by atoms with van der Waals surface area (Å²) < 4.78 is 28.1. The molecule has 0 saturated carbocycles. The molecule has 3 atom stereocenters. The van der Waals surface area contributed by atoms with Crippen LogP contribution in [-0.4, -0.2) is 63.1 Å². The van der Waals surface area contributed by atoms with Crippen molar-refractivity contribution in [3.05, 3.63) is 0 Å². The Bertz CT molecular complexity index is 450. The van der Waals surface area contributed by atoms with Crippen LogP contribution in [0.25, 0.3) is 0 Å². The van der Waals surface area contributed by atoms with Gasteiger partial charge < -0.3 is 15.4 Å². The lowest BCUT2D eigenvalue weighted by Gasteiger charge is -2.33. The molecule has 1 amide bonds. The predicted molar refractivity (Wildman–Crippen MR) is 66.7 cm³/mol. The van der Waals surface area contributed by atoms with Gasteiger partial charge in [0.25, 0.3) is 0 Å². The number of nitrogens with zero attached hydrogens (tertiary/aromatic N) is 1. The Morgan fingerprint density at radius 1 is 1.50 bits per heavy atom. The first-order valence-electron chi connectivity index (χ1n) is 6.07. The van der Waals surface area contributed by atoms with Crippen molar-refractivity contribution in [2.24, 2.45) is 11.1 Å². The highest BCUT2D eigenvalue weighted by molar-refractivity contribution is 7.91. The summed E-state index contributed by atoms with van der Waals surface area (Å²) in [6.07, 6.45) is 0.511. The molecule has 0 aromatic carbocycles. The molecule has 2 N–H and O–H groups in total. The van der Waals surface area contributed by atoms with Crippen molar-refractivity contribution in [2.45, 2.75) is 25.4 Å². The molecule has 0 aromatic heterocycles. The molecule has 0 bridgehead atoms. The first kappa shape index (κ1) is 13.8. The van der Waals surface area contributed by atoms with Gasteiger partial charge in [0.15, 0.2) is 9.84 Å². The summed E-state index contributed by atoms with van der Waals surface area (Å²) in [5.41, 5.74) is 5.18. The number of carbonyl (C=O) groups is 1. The van der Waals surface area contributed by atoms with E-state index in [2.05, 4.69) is 0 Å². The summed E-state index contributed by atoms with van der Waals surface area (Å²) in [5.74, 6) is 0.102. The molecule has 3 unspecified atom stereocenters. The van der Waals surface area contributed by atoms with Gasteiger partial charge in [-0.15, -0.1) is 0 Å². The van der Waals surface area contributed by atoms with E-state index in [1.807, 2.05) is 0 Å². The maximum atomic E-state index is 12.4. The highest BCUT2D eigenvalue weighted by atomic mass is 32.2. The molecular formula is C11H20N2O4S. The summed E-state index contributed by atoms with van der Waals surface area (Å²) in [4.78, 5) is 14.0. The Hall–Kier alpha value is -0.660. The van der Waals surface area contributed by atoms with Crippen LogP contribution in [0, 0.1) is 5.41 Å². The van der Waals surface area contributed by atoms with E-state index in [4.69, 9.17) is 10.5 Å². The molecule has 104 valence electrons. The fourth-order valence-corrected chi connectivity index (χ4v) is 4.33. The van der Waals surface area contributed by atoms with Crippen molar-refractivity contribution in [1.29, 1.82) is 0 Å². The number of ether oxygens (including phenoxy) is 1. The molecule has 2 aliphatic heterocycles. The quantitative estimate of drug-likeness (QED) is 0.698. The Labute approximate surface area is 107 Å². The second kappa shape index (κ2) is 4.47. The number of rotatable bonds is 2. The molecular weight excluding hydrogens is 256 g/mol. The van der Waals surface area contributed by atoms with E-state index >= 15 is 0 Å². The fourth-order valence-electron chi connectivity index (χ4n) is 2.56. The Morgan fingerprint density at radius 2 is 2.17 bits per heavy atom. The number of hydrogen-bond acceptors (Lipinski definition) is 5. The van der Waals surface area contributed by atoms with E-state index in [1.165, 1.54) is 0 Å². The van der Waals surface area contributed by atoms with E-state index in [0.29, 0.717) is 19.6 Å². The van der Waals surface area contributed by atoms with Gasteiger partial charge in [0.2, 0.25) is 5.91 Å². The van der Waals surface area contributed by atoms with Crippen LogP contribution in [0.4, 0.5) is 0 Å². The summed E-state index contributed by atoms with van der Waals surface area (Å²) in [6.45, 7) is 2.46. The van der Waals surface area contributed by atoms with Crippen molar-refractivity contribution in [3.63, 3.8) is 0 Å². The first-order chi connectivity index (χ1) is 8.26. The summed E-state index contributed by atoms with van der Waals surface area (Å²) in [5, 5.41) is 0. The molecule has 2 heterocycles. The third-order valence-corrected chi connectivity index (χ3v) is 5.83. The van der Waals surface area contributed by atoms with E-state index < -0.39 is 15.3 Å². The second-order valence-corrected chi connectivity index (χ2v) is 7.74. The third kappa shape index (κ3) is 2.26. The largest absolute Gasteiger partial charge is 0.379 e. The molecule has 0 radical (unpaired) electrons. The second-order valence-electron chi connectivity index (χ2n) is 5.51. The van der Waals surface area contributed by atoms with Gasteiger partial charge in [0.05, 0.1) is 30.1 Å². The minimum absolute atomic E-state index is 0.0570. The van der Waals surface area contributed by atoms with Crippen LogP contribution < -0.4 is 5.73 Å². The van der Waals surface area contributed by atoms with Crippen LogP contribution in [0.2, 0.25) is 0 Å². The van der Waals surface area contributed by atoms with Crippen molar-refractivity contribution in [1.82, 2.24) is 4.90 Å². The van der Waals surface area contributed by atoms with Crippen LogP contribution in [0.1, 0.15) is 13.3 Å². The summed E-state index contributed by atoms with van der Waals surface area (Å²) >= 11 is 0. The maximum Gasteiger partial charge on any atom is 0.232 e. The van der Waals surface area contributed by atoms with E-state index in [1.54, 1.807) is 18.9 Å². The van der Waals surface area contributed by atoms with Crippen molar-refractivity contribution in [3.8, 4) is 0 Å². The predicted octanol–water partition coefficient (Wildman–Crippen LogP) is -1.00. The highest BCUT2D eigenvalue weighted by Crippen LogP contribution is 2.31. The van der Waals surface area contributed by atoms with E-state index in [9.17, 15) is 13.2 Å². The lowest BCUT2D eigenvalue weighted by Crippen LogP contribution is -2.53. The average molecular weight is 276 g/mol. The monoisotopic (exact) mass is 276 g/mol. The highest BCUT2D eigenvalue weighted by Gasteiger charge is 2.47. The molecule has 2 rings (SSSR count). The molecule has 6 nitrogen and oxygen atoms in total. The van der Waals surface area contributed by atoms with Gasteiger partial charge >= 0.3 is 0 Å². The molecule has 2 aliphatic rings. The Morgan fingerprint density at radius 3 is 2.61 bits per heavy atom. The normalized spacial score (nSPS) is 38.8. The van der Waals surface area contributed by atoms with Gasteiger partial charge in [-0.3, -0.25) is 4.79 Å². The summed E-state index contributed by atoms with van der Waals surface area (Å²) in [7, 11) is -1.33. The summed E-state index contributed by atoms with van der Waals surface area (Å²) in [6, 6.07) is -0.558. The lowest BCUT2D eigenvalue weighted by atomic mass is 9.84. The van der Waals surface area contributed by atoms with Crippen molar-refractivity contribution >= 4 is 15.7 Å². The molecule has 0 aromatic rings. The molecule has 18 heavy (non-hydrogen) atoms.